The molecular formula is C27H22ClN5O3. The zero-order valence-electron chi connectivity index (χ0n) is 19.4. The third kappa shape index (κ3) is 6.09. The third-order valence-electron chi connectivity index (χ3n) is 5.01. The predicted molar refractivity (Wildman–Crippen MR) is 140 cm³/mol. The van der Waals surface area contributed by atoms with Crippen molar-refractivity contribution in [1.82, 2.24) is 9.97 Å². The maximum Gasteiger partial charge on any atom is 0.270 e. The maximum absolute atomic E-state index is 12.4. The van der Waals surface area contributed by atoms with Crippen LogP contribution < -0.4 is 20.5 Å². The molecule has 0 amide bonds. The second-order valence-corrected chi connectivity index (χ2v) is 7.98. The lowest BCUT2D eigenvalue weighted by molar-refractivity contribution is 0.269. The van der Waals surface area contributed by atoms with Crippen LogP contribution in [0, 0.1) is 11.3 Å². The Morgan fingerprint density at radius 1 is 1.08 bits per heavy atom. The molecule has 0 aliphatic carbocycles. The molecule has 36 heavy (non-hydrogen) atoms. The minimum Gasteiger partial charge on any atom is -0.490 e. The van der Waals surface area contributed by atoms with Gasteiger partial charge in [-0.25, -0.2) is 10.4 Å². The molecule has 4 rings (SSSR count). The van der Waals surface area contributed by atoms with Gasteiger partial charge >= 0.3 is 0 Å². The summed E-state index contributed by atoms with van der Waals surface area (Å²) in [5, 5.41) is 14.2. The van der Waals surface area contributed by atoms with E-state index in [1.165, 1.54) is 0 Å². The van der Waals surface area contributed by atoms with Gasteiger partial charge in [0.05, 0.1) is 18.5 Å². The Balaban J connectivity index is 1.51. The first-order valence-electron chi connectivity index (χ1n) is 11.1. The lowest BCUT2D eigenvalue weighted by atomic mass is 10.1. The second kappa shape index (κ2) is 11.7. The fourth-order valence-electron chi connectivity index (χ4n) is 3.38. The SMILES string of the molecule is CCOc1cc(C=NNc2nc(-c3ccccc3)c(C#N)c(=O)[nH]2)ccc1OCc1cccc(Cl)c1. The van der Waals surface area contributed by atoms with E-state index in [2.05, 4.69) is 20.5 Å². The van der Waals surface area contributed by atoms with Crippen LogP contribution in [0.2, 0.25) is 5.02 Å². The summed E-state index contributed by atoms with van der Waals surface area (Å²) in [5.74, 6) is 1.27. The summed E-state index contributed by atoms with van der Waals surface area (Å²) in [7, 11) is 0. The number of hydrogen-bond acceptors (Lipinski definition) is 7. The molecule has 9 heteroatoms. The average molecular weight is 500 g/mol. The van der Waals surface area contributed by atoms with Crippen LogP contribution in [0.5, 0.6) is 11.5 Å². The summed E-state index contributed by atoms with van der Waals surface area (Å²) < 4.78 is 11.7. The quantitative estimate of drug-likeness (QED) is 0.236. The normalized spacial score (nSPS) is 10.7. The van der Waals surface area contributed by atoms with E-state index in [0.717, 1.165) is 11.1 Å². The molecule has 1 heterocycles. The first-order chi connectivity index (χ1) is 17.6. The van der Waals surface area contributed by atoms with E-state index in [9.17, 15) is 10.1 Å². The summed E-state index contributed by atoms with van der Waals surface area (Å²) in [6, 6.07) is 23.8. The largest absolute Gasteiger partial charge is 0.490 e. The van der Waals surface area contributed by atoms with E-state index in [0.29, 0.717) is 35.3 Å². The van der Waals surface area contributed by atoms with Gasteiger partial charge in [-0.15, -0.1) is 0 Å². The van der Waals surface area contributed by atoms with E-state index in [-0.39, 0.29) is 17.2 Å². The van der Waals surface area contributed by atoms with Crippen LogP contribution >= 0.6 is 11.6 Å². The van der Waals surface area contributed by atoms with Crippen molar-refractivity contribution in [2.45, 2.75) is 13.5 Å². The van der Waals surface area contributed by atoms with Crippen LogP contribution in [0.3, 0.4) is 0 Å². The van der Waals surface area contributed by atoms with Gasteiger partial charge in [0.2, 0.25) is 5.95 Å². The molecule has 0 aliphatic rings. The number of ether oxygens (including phenoxy) is 2. The summed E-state index contributed by atoms with van der Waals surface area (Å²) in [6.07, 6.45) is 1.56. The van der Waals surface area contributed by atoms with Gasteiger partial charge in [-0.05, 0) is 48.4 Å². The topological polar surface area (TPSA) is 112 Å². The van der Waals surface area contributed by atoms with Crippen LogP contribution in [-0.4, -0.2) is 22.8 Å². The van der Waals surface area contributed by atoms with Crippen molar-refractivity contribution in [1.29, 1.82) is 5.26 Å². The summed E-state index contributed by atoms with van der Waals surface area (Å²) >= 11 is 6.05. The Labute approximate surface area is 212 Å². The predicted octanol–water partition coefficient (Wildman–Crippen LogP) is 5.39. The highest BCUT2D eigenvalue weighted by Gasteiger charge is 2.13. The molecule has 0 saturated heterocycles. The van der Waals surface area contributed by atoms with Crippen molar-refractivity contribution >= 4 is 23.8 Å². The number of rotatable bonds is 9. The molecule has 0 spiro atoms. The van der Waals surface area contributed by atoms with Crippen LogP contribution in [0.4, 0.5) is 5.95 Å². The Hall–Kier alpha value is -4.61. The number of anilines is 1. The molecule has 0 saturated carbocycles. The van der Waals surface area contributed by atoms with E-state index >= 15 is 0 Å². The van der Waals surface area contributed by atoms with Gasteiger partial charge in [0, 0.05) is 10.6 Å². The molecule has 1 aromatic heterocycles. The molecule has 180 valence electrons. The number of H-pyrrole nitrogens is 1. The number of nitrogens with zero attached hydrogens (tertiary/aromatic N) is 3. The van der Waals surface area contributed by atoms with Gasteiger partial charge in [0.1, 0.15) is 18.2 Å². The number of nitriles is 1. The molecule has 4 aromatic rings. The standard InChI is InChI=1S/C27H22ClN5O3/c1-2-35-24-14-18(11-12-23(24)36-17-19-7-6-10-21(28)13-19)16-30-33-27-31-25(20-8-4-3-5-9-20)22(15-29)26(34)32-27/h3-14,16H,2,17H2,1H3,(H2,31,32,33,34). The summed E-state index contributed by atoms with van der Waals surface area (Å²) in [6.45, 7) is 2.70. The zero-order chi connectivity index (χ0) is 25.3. The Kier molecular flexibility index (Phi) is 7.96. The Morgan fingerprint density at radius 2 is 1.92 bits per heavy atom. The third-order valence-corrected chi connectivity index (χ3v) is 5.25. The fraction of sp³-hybridized carbons (Fsp3) is 0.111. The van der Waals surface area contributed by atoms with E-state index in [1.54, 1.807) is 30.5 Å². The van der Waals surface area contributed by atoms with Gasteiger partial charge in [-0.3, -0.25) is 9.78 Å². The molecule has 8 nitrogen and oxygen atoms in total. The van der Waals surface area contributed by atoms with E-state index < -0.39 is 5.56 Å². The fourth-order valence-corrected chi connectivity index (χ4v) is 3.60. The lowest BCUT2D eigenvalue weighted by Crippen LogP contribution is -2.16. The molecule has 3 aromatic carbocycles. The smallest absolute Gasteiger partial charge is 0.270 e. The van der Waals surface area contributed by atoms with Crippen LogP contribution in [0.15, 0.2) is 82.7 Å². The van der Waals surface area contributed by atoms with Crippen molar-refractivity contribution < 1.29 is 9.47 Å². The van der Waals surface area contributed by atoms with Crippen molar-refractivity contribution in [3.05, 3.63) is 105 Å². The Bertz CT molecular complexity index is 1480. The van der Waals surface area contributed by atoms with Crippen molar-refractivity contribution in [2.24, 2.45) is 5.10 Å². The molecule has 0 bridgehead atoms. The van der Waals surface area contributed by atoms with Crippen molar-refractivity contribution in [3.8, 4) is 28.8 Å². The van der Waals surface area contributed by atoms with Crippen LogP contribution in [-0.2, 0) is 6.61 Å². The summed E-state index contributed by atoms with van der Waals surface area (Å²) in [5.41, 5.74) is 4.72. The van der Waals surface area contributed by atoms with E-state index in [1.807, 2.05) is 61.5 Å². The molecule has 0 atom stereocenters. The van der Waals surface area contributed by atoms with E-state index in [4.69, 9.17) is 21.1 Å². The highest BCUT2D eigenvalue weighted by Crippen LogP contribution is 2.29. The lowest BCUT2D eigenvalue weighted by Gasteiger charge is -2.13. The number of hydrogen-bond donors (Lipinski definition) is 2. The number of aromatic amines is 1. The maximum atomic E-state index is 12.4. The highest BCUT2D eigenvalue weighted by atomic mass is 35.5. The molecule has 0 unspecified atom stereocenters. The minimum atomic E-state index is -0.552. The first kappa shape index (κ1) is 24.5. The first-order valence-corrected chi connectivity index (χ1v) is 11.5. The Morgan fingerprint density at radius 3 is 2.67 bits per heavy atom. The number of halogens is 1. The molecule has 0 radical (unpaired) electrons. The molecule has 0 fully saturated rings. The zero-order valence-corrected chi connectivity index (χ0v) is 20.1. The second-order valence-electron chi connectivity index (χ2n) is 7.54. The van der Waals surface area contributed by atoms with Crippen LogP contribution in [0.25, 0.3) is 11.3 Å². The number of benzene rings is 3. The van der Waals surface area contributed by atoms with Crippen molar-refractivity contribution in [3.63, 3.8) is 0 Å². The molecular weight excluding hydrogens is 478 g/mol. The van der Waals surface area contributed by atoms with Gasteiger partial charge < -0.3 is 9.47 Å². The number of aromatic nitrogens is 2. The highest BCUT2D eigenvalue weighted by molar-refractivity contribution is 6.30. The monoisotopic (exact) mass is 499 g/mol. The molecule has 0 aliphatic heterocycles. The summed E-state index contributed by atoms with van der Waals surface area (Å²) in [4.78, 5) is 19.3. The van der Waals surface area contributed by atoms with Crippen LogP contribution in [0.1, 0.15) is 23.6 Å². The van der Waals surface area contributed by atoms with Crippen molar-refractivity contribution in [2.75, 3.05) is 12.0 Å². The van der Waals surface area contributed by atoms with Gasteiger partial charge in [0.25, 0.3) is 5.56 Å². The van der Waals surface area contributed by atoms with Gasteiger partial charge in [-0.1, -0.05) is 54.1 Å². The average Bonchev–Trinajstić information content (AvgIpc) is 2.89. The van der Waals surface area contributed by atoms with Gasteiger partial charge in [0.15, 0.2) is 11.5 Å². The molecule has 2 N–H and O–H groups in total. The minimum absolute atomic E-state index is 0.0644. The number of hydrazone groups is 1. The number of nitrogens with one attached hydrogen (secondary N) is 2. The van der Waals surface area contributed by atoms with Gasteiger partial charge in [-0.2, -0.15) is 10.4 Å².